The van der Waals surface area contributed by atoms with Crippen LogP contribution in [0.5, 0.6) is 5.75 Å². The van der Waals surface area contributed by atoms with E-state index in [0.29, 0.717) is 18.7 Å². The SMILES string of the molecule is C[C@H]1CN(C(=O)Cc2ccccc2O)C[C@H](c2ccccc2)O1. The fraction of sp³-hybridized carbons (Fsp3) is 0.316. The summed E-state index contributed by atoms with van der Waals surface area (Å²) in [6.45, 7) is 3.10. The third-order valence-electron chi connectivity index (χ3n) is 4.12. The normalized spacial score (nSPS) is 21.2. The highest BCUT2D eigenvalue weighted by Crippen LogP contribution is 2.26. The Hall–Kier alpha value is -2.33. The number of rotatable bonds is 3. The molecule has 1 amide bonds. The molecule has 4 nitrogen and oxygen atoms in total. The van der Waals surface area contributed by atoms with Gasteiger partial charge in [0.15, 0.2) is 0 Å². The van der Waals surface area contributed by atoms with Gasteiger partial charge in [0.2, 0.25) is 5.91 Å². The first-order valence-corrected chi connectivity index (χ1v) is 7.88. The minimum absolute atomic E-state index is 0.0118. The van der Waals surface area contributed by atoms with Crippen molar-refractivity contribution >= 4 is 5.91 Å². The van der Waals surface area contributed by atoms with Crippen LogP contribution in [-0.4, -0.2) is 35.1 Å². The lowest BCUT2D eigenvalue weighted by molar-refractivity contribution is -0.144. The van der Waals surface area contributed by atoms with Gasteiger partial charge in [0.25, 0.3) is 0 Å². The first kappa shape index (κ1) is 15.6. The van der Waals surface area contributed by atoms with E-state index in [1.807, 2.05) is 48.2 Å². The van der Waals surface area contributed by atoms with E-state index in [4.69, 9.17) is 4.74 Å². The molecule has 0 aliphatic carbocycles. The smallest absolute Gasteiger partial charge is 0.227 e. The van der Waals surface area contributed by atoms with Crippen molar-refractivity contribution in [3.8, 4) is 5.75 Å². The Morgan fingerprint density at radius 3 is 2.57 bits per heavy atom. The number of morpholine rings is 1. The molecule has 0 aromatic heterocycles. The zero-order chi connectivity index (χ0) is 16.2. The summed E-state index contributed by atoms with van der Waals surface area (Å²) in [5.41, 5.74) is 1.74. The van der Waals surface area contributed by atoms with Crippen LogP contribution in [0.2, 0.25) is 0 Å². The number of ether oxygens (including phenoxy) is 1. The van der Waals surface area contributed by atoms with Crippen molar-refractivity contribution in [3.63, 3.8) is 0 Å². The Bertz CT molecular complexity index is 671. The average molecular weight is 311 g/mol. The molecule has 1 N–H and O–H groups in total. The highest BCUT2D eigenvalue weighted by atomic mass is 16.5. The predicted molar refractivity (Wildman–Crippen MR) is 88.1 cm³/mol. The highest BCUT2D eigenvalue weighted by molar-refractivity contribution is 5.79. The van der Waals surface area contributed by atoms with E-state index in [0.717, 1.165) is 5.56 Å². The number of hydrogen-bond donors (Lipinski definition) is 1. The van der Waals surface area contributed by atoms with Crippen molar-refractivity contribution in [1.82, 2.24) is 4.90 Å². The summed E-state index contributed by atoms with van der Waals surface area (Å²) >= 11 is 0. The monoisotopic (exact) mass is 311 g/mol. The first-order valence-electron chi connectivity index (χ1n) is 7.88. The maximum absolute atomic E-state index is 12.6. The number of aromatic hydroxyl groups is 1. The third-order valence-corrected chi connectivity index (χ3v) is 4.12. The van der Waals surface area contributed by atoms with E-state index in [9.17, 15) is 9.90 Å². The Morgan fingerprint density at radius 1 is 1.13 bits per heavy atom. The van der Waals surface area contributed by atoms with E-state index < -0.39 is 0 Å². The average Bonchev–Trinajstić information content (AvgIpc) is 2.57. The van der Waals surface area contributed by atoms with Crippen LogP contribution < -0.4 is 0 Å². The molecule has 120 valence electrons. The van der Waals surface area contributed by atoms with E-state index in [2.05, 4.69) is 0 Å². The Labute approximate surface area is 136 Å². The van der Waals surface area contributed by atoms with Gasteiger partial charge in [-0.2, -0.15) is 0 Å². The van der Waals surface area contributed by atoms with Gasteiger partial charge in [-0.15, -0.1) is 0 Å². The Morgan fingerprint density at radius 2 is 1.83 bits per heavy atom. The molecular formula is C19H21NO3. The lowest BCUT2D eigenvalue weighted by Gasteiger charge is -2.37. The molecule has 0 bridgehead atoms. The number of nitrogens with zero attached hydrogens (tertiary/aromatic N) is 1. The van der Waals surface area contributed by atoms with Crippen LogP contribution >= 0.6 is 0 Å². The molecule has 0 saturated carbocycles. The molecule has 2 aromatic carbocycles. The summed E-state index contributed by atoms with van der Waals surface area (Å²) in [7, 11) is 0. The highest BCUT2D eigenvalue weighted by Gasteiger charge is 2.29. The zero-order valence-electron chi connectivity index (χ0n) is 13.2. The van der Waals surface area contributed by atoms with E-state index in [-0.39, 0.29) is 30.3 Å². The van der Waals surface area contributed by atoms with Gasteiger partial charge in [-0.25, -0.2) is 0 Å². The van der Waals surface area contributed by atoms with Crippen LogP contribution in [0.25, 0.3) is 0 Å². The number of phenolic OH excluding ortho intramolecular Hbond substituents is 1. The van der Waals surface area contributed by atoms with Gasteiger partial charge in [-0.1, -0.05) is 48.5 Å². The van der Waals surface area contributed by atoms with Gasteiger partial charge < -0.3 is 14.7 Å². The zero-order valence-corrected chi connectivity index (χ0v) is 13.2. The maximum Gasteiger partial charge on any atom is 0.227 e. The molecule has 2 aromatic rings. The van der Waals surface area contributed by atoms with Gasteiger partial charge in [0, 0.05) is 12.1 Å². The van der Waals surface area contributed by atoms with Crippen LogP contribution in [0, 0.1) is 0 Å². The van der Waals surface area contributed by atoms with Crippen LogP contribution in [0.1, 0.15) is 24.2 Å². The molecule has 1 aliphatic rings. The summed E-state index contributed by atoms with van der Waals surface area (Å²) in [6, 6.07) is 16.9. The quantitative estimate of drug-likeness (QED) is 0.948. The molecule has 23 heavy (non-hydrogen) atoms. The maximum atomic E-state index is 12.6. The predicted octanol–water partition coefficient (Wildman–Crippen LogP) is 2.92. The third kappa shape index (κ3) is 3.71. The summed E-state index contributed by atoms with van der Waals surface area (Å²) in [6.07, 6.45) is 0.0940. The summed E-state index contributed by atoms with van der Waals surface area (Å²) < 4.78 is 5.98. The van der Waals surface area contributed by atoms with Crippen molar-refractivity contribution in [1.29, 1.82) is 0 Å². The summed E-state index contributed by atoms with van der Waals surface area (Å²) in [5, 5.41) is 9.84. The molecular weight excluding hydrogens is 290 g/mol. The van der Waals surface area contributed by atoms with Crippen LogP contribution in [0.15, 0.2) is 54.6 Å². The Kier molecular flexibility index (Phi) is 4.63. The number of para-hydroxylation sites is 1. The van der Waals surface area contributed by atoms with Crippen molar-refractivity contribution < 1.29 is 14.6 Å². The fourth-order valence-corrected chi connectivity index (χ4v) is 2.94. The topological polar surface area (TPSA) is 49.8 Å². The Balaban J connectivity index is 1.72. The van der Waals surface area contributed by atoms with Crippen LogP contribution in [0.3, 0.4) is 0 Å². The van der Waals surface area contributed by atoms with Crippen molar-refractivity contribution in [3.05, 3.63) is 65.7 Å². The molecule has 4 heteroatoms. The lowest BCUT2D eigenvalue weighted by Crippen LogP contribution is -2.46. The number of phenols is 1. The standard InChI is InChI=1S/C19H21NO3/c1-14-12-20(13-18(23-14)15-7-3-2-4-8-15)19(22)11-16-9-5-6-10-17(16)21/h2-10,14,18,21H,11-13H2,1H3/t14-,18+/m0/s1. The summed E-state index contributed by atoms with van der Waals surface area (Å²) in [5.74, 6) is 0.185. The molecule has 0 radical (unpaired) electrons. The molecule has 1 aliphatic heterocycles. The minimum atomic E-state index is -0.103. The number of benzene rings is 2. The van der Waals surface area contributed by atoms with Crippen molar-refractivity contribution in [2.24, 2.45) is 0 Å². The molecule has 0 unspecified atom stereocenters. The second-order valence-corrected chi connectivity index (χ2v) is 5.95. The fourth-order valence-electron chi connectivity index (χ4n) is 2.94. The van der Waals surface area contributed by atoms with Gasteiger partial charge in [0.05, 0.1) is 19.1 Å². The molecule has 1 heterocycles. The largest absolute Gasteiger partial charge is 0.508 e. The molecule has 2 atom stereocenters. The lowest BCUT2D eigenvalue weighted by atomic mass is 10.1. The molecule has 1 saturated heterocycles. The van der Waals surface area contributed by atoms with Gasteiger partial charge in [-0.3, -0.25) is 4.79 Å². The first-order chi connectivity index (χ1) is 11.1. The van der Waals surface area contributed by atoms with Crippen molar-refractivity contribution in [2.45, 2.75) is 25.6 Å². The number of carbonyl (C=O) groups is 1. The van der Waals surface area contributed by atoms with E-state index in [1.165, 1.54) is 0 Å². The molecule has 1 fully saturated rings. The number of hydrogen-bond acceptors (Lipinski definition) is 3. The van der Waals surface area contributed by atoms with Gasteiger partial charge >= 0.3 is 0 Å². The van der Waals surface area contributed by atoms with Crippen LogP contribution in [-0.2, 0) is 16.0 Å². The van der Waals surface area contributed by atoms with Crippen molar-refractivity contribution in [2.75, 3.05) is 13.1 Å². The number of amides is 1. The van der Waals surface area contributed by atoms with E-state index in [1.54, 1.807) is 18.2 Å². The van der Waals surface area contributed by atoms with Gasteiger partial charge in [-0.05, 0) is 18.6 Å². The second kappa shape index (κ2) is 6.84. The second-order valence-electron chi connectivity index (χ2n) is 5.95. The molecule has 0 spiro atoms. The van der Waals surface area contributed by atoms with Crippen LogP contribution in [0.4, 0.5) is 0 Å². The van der Waals surface area contributed by atoms with E-state index >= 15 is 0 Å². The molecule has 3 rings (SSSR count). The summed E-state index contributed by atoms with van der Waals surface area (Å²) in [4.78, 5) is 14.4. The number of carbonyl (C=O) groups excluding carboxylic acids is 1. The van der Waals surface area contributed by atoms with Gasteiger partial charge in [0.1, 0.15) is 11.9 Å². The minimum Gasteiger partial charge on any atom is -0.508 e.